The van der Waals surface area contributed by atoms with Gasteiger partial charge in [0.15, 0.2) is 10.8 Å². The first-order valence-corrected chi connectivity index (χ1v) is 10.9. The molecule has 2 aromatic carbocycles. The number of fused-ring (bicyclic) bond motifs is 3. The lowest BCUT2D eigenvalue weighted by Crippen LogP contribution is -2.00. The fourth-order valence-electron chi connectivity index (χ4n) is 3.65. The van der Waals surface area contributed by atoms with Crippen molar-refractivity contribution in [3.63, 3.8) is 0 Å². The molecule has 6 nitrogen and oxygen atoms in total. The SMILES string of the molecule is Cc1ccc(-c2nc3ccccc3c3nnc(SCCc4c(C)noc4C)n23)cc1. The highest BCUT2D eigenvalue weighted by molar-refractivity contribution is 7.99. The van der Waals surface area contributed by atoms with Gasteiger partial charge < -0.3 is 4.52 Å². The van der Waals surface area contributed by atoms with Crippen molar-refractivity contribution in [3.05, 3.63) is 71.1 Å². The molecular weight excluding hydrogens is 394 g/mol. The summed E-state index contributed by atoms with van der Waals surface area (Å²) in [5.74, 6) is 2.59. The van der Waals surface area contributed by atoms with Gasteiger partial charge in [0.05, 0.1) is 11.2 Å². The number of benzene rings is 2. The van der Waals surface area contributed by atoms with Crippen molar-refractivity contribution in [2.24, 2.45) is 0 Å². The first-order chi connectivity index (χ1) is 14.6. The van der Waals surface area contributed by atoms with Crippen LogP contribution >= 0.6 is 11.8 Å². The Hall–Kier alpha value is -3.19. The lowest BCUT2D eigenvalue weighted by molar-refractivity contribution is 0.392. The highest BCUT2D eigenvalue weighted by atomic mass is 32.2. The Morgan fingerprint density at radius 1 is 0.967 bits per heavy atom. The Kier molecular flexibility index (Phi) is 4.75. The summed E-state index contributed by atoms with van der Waals surface area (Å²) in [7, 11) is 0. The minimum absolute atomic E-state index is 0.830. The molecule has 0 atom stereocenters. The first kappa shape index (κ1) is 18.8. The van der Waals surface area contributed by atoms with E-state index in [2.05, 4.69) is 50.9 Å². The highest BCUT2D eigenvalue weighted by Crippen LogP contribution is 2.29. The molecule has 30 heavy (non-hydrogen) atoms. The average Bonchev–Trinajstić information content (AvgIpc) is 3.32. The largest absolute Gasteiger partial charge is 0.361 e. The van der Waals surface area contributed by atoms with Crippen LogP contribution in [0.1, 0.15) is 22.6 Å². The summed E-state index contributed by atoms with van der Waals surface area (Å²) < 4.78 is 7.36. The fraction of sp³-hybridized carbons (Fsp3) is 0.217. The number of thioether (sulfide) groups is 1. The third-order valence-electron chi connectivity index (χ3n) is 5.29. The molecule has 0 radical (unpaired) electrons. The molecule has 0 saturated carbocycles. The molecule has 0 N–H and O–H groups in total. The molecule has 5 rings (SSSR count). The van der Waals surface area contributed by atoms with Gasteiger partial charge >= 0.3 is 0 Å². The predicted molar refractivity (Wildman–Crippen MR) is 119 cm³/mol. The van der Waals surface area contributed by atoms with Crippen LogP contribution in [-0.2, 0) is 6.42 Å². The van der Waals surface area contributed by atoms with E-state index in [0.29, 0.717) is 0 Å². The van der Waals surface area contributed by atoms with Gasteiger partial charge in [0, 0.05) is 22.3 Å². The standard InChI is InChI=1S/C23H21N5OS/c1-14-8-10-17(11-9-14)21-24-20-7-5-4-6-19(20)22-25-26-23(28(21)22)30-13-12-18-15(2)27-29-16(18)3/h4-11H,12-13H2,1-3H3. The van der Waals surface area contributed by atoms with E-state index in [1.807, 2.05) is 38.1 Å². The van der Waals surface area contributed by atoms with Crippen LogP contribution in [0, 0.1) is 20.8 Å². The van der Waals surface area contributed by atoms with Gasteiger partial charge in [-0.25, -0.2) is 4.98 Å². The summed E-state index contributed by atoms with van der Waals surface area (Å²) in [6, 6.07) is 16.5. The number of aryl methyl sites for hydroxylation is 3. The molecule has 0 fully saturated rings. The maximum atomic E-state index is 5.29. The molecule has 3 heterocycles. The van der Waals surface area contributed by atoms with E-state index < -0.39 is 0 Å². The molecule has 0 amide bonds. The molecule has 0 unspecified atom stereocenters. The summed E-state index contributed by atoms with van der Waals surface area (Å²) in [4.78, 5) is 4.97. The molecule has 150 valence electrons. The fourth-order valence-corrected chi connectivity index (χ4v) is 4.54. The summed E-state index contributed by atoms with van der Waals surface area (Å²) in [6.07, 6.45) is 0.863. The van der Waals surface area contributed by atoms with Crippen LogP contribution in [0.5, 0.6) is 0 Å². The number of rotatable bonds is 5. The smallest absolute Gasteiger partial charge is 0.197 e. The number of aromatic nitrogens is 5. The molecular formula is C23H21N5OS. The van der Waals surface area contributed by atoms with Crippen LogP contribution in [0.15, 0.2) is 58.2 Å². The third kappa shape index (κ3) is 3.25. The molecule has 0 saturated heterocycles. The number of hydrogen-bond acceptors (Lipinski definition) is 6. The normalized spacial score (nSPS) is 11.6. The molecule has 0 spiro atoms. The van der Waals surface area contributed by atoms with E-state index in [0.717, 1.165) is 56.7 Å². The maximum absolute atomic E-state index is 5.29. The molecule has 0 aliphatic carbocycles. The maximum Gasteiger partial charge on any atom is 0.197 e. The van der Waals surface area contributed by atoms with Crippen molar-refractivity contribution in [2.75, 3.05) is 5.75 Å². The number of para-hydroxylation sites is 1. The van der Waals surface area contributed by atoms with Crippen LogP contribution < -0.4 is 0 Å². The van der Waals surface area contributed by atoms with Crippen LogP contribution in [0.2, 0.25) is 0 Å². The monoisotopic (exact) mass is 415 g/mol. The van der Waals surface area contributed by atoms with Gasteiger partial charge in [-0.15, -0.1) is 10.2 Å². The van der Waals surface area contributed by atoms with Crippen molar-refractivity contribution >= 4 is 28.3 Å². The summed E-state index contributed by atoms with van der Waals surface area (Å²) in [5, 5.41) is 14.9. The Labute approximate surface area is 178 Å². The summed E-state index contributed by atoms with van der Waals surface area (Å²) >= 11 is 1.67. The van der Waals surface area contributed by atoms with Crippen LogP contribution in [0.3, 0.4) is 0 Å². The van der Waals surface area contributed by atoms with Gasteiger partial charge in [0.2, 0.25) is 0 Å². The van der Waals surface area contributed by atoms with Gasteiger partial charge in [0.25, 0.3) is 0 Å². The lowest BCUT2D eigenvalue weighted by Gasteiger charge is -2.10. The molecule has 0 aliphatic rings. The Bertz CT molecular complexity index is 1330. The Balaban J connectivity index is 1.58. The average molecular weight is 416 g/mol. The summed E-state index contributed by atoms with van der Waals surface area (Å²) in [5.41, 5.74) is 6.12. The number of hydrogen-bond donors (Lipinski definition) is 0. The van der Waals surface area contributed by atoms with Crippen molar-refractivity contribution in [3.8, 4) is 11.4 Å². The van der Waals surface area contributed by atoms with E-state index in [1.165, 1.54) is 11.1 Å². The molecule has 0 bridgehead atoms. The minimum atomic E-state index is 0.830. The molecule has 0 aliphatic heterocycles. The Morgan fingerprint density at radius 3 is 2.53 bits per heavy atom. The highest BCUT2D eigenvalue weighted by Gasteiger charge is 2.17. The second kappa shape index (κ2) is 7.57. The topological polar surface area (TPSA) is 69.1 Å². The van der Waals surface area contributed by atoms with Crippen LogP contribution in [0.4, 0.5) is 0 Å². The third-order valence-corrected chi connectivity index (χ3v) is 6.22. The quantitative estimate of drug-likeness (QED) is 0.368. The van der Waals surface area contributed by atoms with Gasteiger partial charge in [-0.2, -0.15) is 0 Å². The van der Waals surface area contributed by atoms with Crippen LogP contribution in [-0.4, -0.2) is 30.5 Å². The number of nitrogens with zero attached hydrogens (tertiary/aromatic N) is 5. The van der Waals surface area contributed by atoms with E-state index in [4.69, 9.17) is 9.51 Å². The van der Waals surface area contributed by atoms with Gasteiger partial charge in [-0.05, 0) is 39.3 Å². The van der Waals surface area contributed by atoms with E-state index in [-0.39, 0.29) is 0 Å². The minimum Gasteiger partial charge on any atom is -0.361 e. The van der Waals surface area contributed by atoms with E-state index in [1.54, 1.807) is 11.8 Å². The zero-order chi connectivity index (χ0) is 20.7. The molecule has 3 aromatic heterocycles. The van der Waals surface area contributed by atoms with Crippen LogP contribution in [0.25, 0.3) is 27.9 Å². The van der Waals surface area contributed by atoms with Gasteiger partial charge in [-0.3, -0.25) is 4.40 Å². The van der Waals surface area contributed by atoms with Crippen molar-refractivity contribution in [1.29, 1.82) is 0 Å². The van der Waals surface area contributed by atoms with E-state index >= 15 is 0 Å². The van der Waals surface area contributed by atoms with Crippen molar-refractivity contribution < 1.29 is 4.52 Å². The van der Waals surface area contributed by atoms with Crippen molar-refractivity contribution in [1.82, 2.24) is 24.7 Å². The zero-order valence-corrected chi connectivity index (χ0v) is 17.9. The Morgan fingerprint density at radius 2 is 1.77 bits per heavy atom. The zero-order valence-electron chi connectivity index (χ0n) is 17.1. The second-order valence-corrected chi connectivity index (χ2v) is 8.42. The molecule has 7 heteroatoms. The second-order valence-electron chi connectivity index (χ2n) is 7.36. The lowest BCUT2D eigenvalue weighted by atomic mass is 10.1. The van der Waals surface area contributed by atoms with Gasteiger partial charge in [0.1, 0.15) is 11.6 Å². The van der Waals surface area contributed by atoms with Gasteiger partial charge in [-0.1, -0.05) is 58.9 Å². The first-order valence-electron chi connectivity index (χ1n) is 9.87. The predicted octanol–water partition coefficient (Wildman–Crippen LogP) is 5.19. The van der Waals surface area contributed by atoms with E-state index in [9.17, 15) is 0 Å². The summed E-state index contributed by atoms with van der Waals surface area (Å²) in [6.45, 7) is 6.02. The van der Waals surface area contributed by atoms with Crippen molar-refractivity contribution in [2.45, 2.75) is 32.3 Å². The molecule has 5 aromatic rings.